The van der Waals surface area contributed by atoms with Gasteiger partial charge in [0.15, 0.2) is 0 Å². The Morgan fingerprint density at radius 2 is 1.54 bits per heavy atom. The zero-order chi connectivity index (χ0) is 29.2. The predicted molar refractivity (Wildman–Crippen MR) is 167 cm³/mol. The van der Waals surface area contributed by atoms with Gasteiger partial charge in [-0.25, -0.2) is 9.78 Å². The number of carbonyl (C=O) groups is 1. The van der Waals surface area contributed by atoms with Crippen LogP contribution in [0.3, 0.4) is 0 Å². The molecule has 3 aromatic carbocycles. The van der Waals surface area contributed by atoms with Crippen molar-refractivity contribution in [2.45, 2.75) is 45.4 Å². The minimum Gasteiger partial charge on any atom is -0.497 e. The lowest BCUT2D eigenvalue weighted by molar-refractivity contribution is 0.206. The number of methoxy groups -OCH3 is 1. The van der Waals surface area contributed by atoms with Gasteiger partial charge < -0.3 is 9.16 Å². The molecular weight excluding hydrogens is 552 g/mol. The van der Waals surface area contributed by atoms with Crippen LogP contribution in [-0.2, 0) is 11.0 Å². The van der Waals surface area contributed by atoms with Gasteiger partial charge in [-0.2, -0.15) is 4.98 Å². The highest BCUT2D eigenvalue weighted by Crippen LogP contribution is 2.38. The topological polar surface area (TPSA) is 67.8 Å². The molecule has 0 fully saturated rings. The molecule has 5 rings (SSSR count). The SMILES string of the molecule is COc1ccc(N2Cc3cnc(Cl)nc3N(C[C@@H](C)O[Si](c3ccccc3)(c3ccccc3)C(C)(C)C)C2=O)cc1. The summed E-state index contributed by atoms with van der Waals surface area (Å²) in [6.45, 7) is 9.37. The van der Waals surface area contributed by atoms with Gasteiger partial charge in [0.25, 0.3) is 8.32 Å². The number of rotatable bonds is 8. The second kappa shape index (κ2) is 11.6. The number of aromatic nitrogens is 2. The van der Waals surface area contributed by atoms with E-state index in [4.69, 9.17) is 20.8 Å². The summed E-state index contributed by atoms with van der Waals surface area (Å²) in [6, 6.07) is 28.2. The van der Waals surface area contributed by atoms with E-state index in [0.29, 0.717) is 12.4 Å². The molecule has 212 valence electrons. The number of hydrogen-bond donors (Lipinski definition) is 0. The van der Waals surface area contributed by atoms with E-state index >= 15 is 0 Å². The van der Waals surface area contributed by atoms with Gasteiger partial charge in [0.1, 0.15) is 11.6 Å². The molecule has 1 atom stereocenters. The van der Waals surface area contributed by atoms with Crippen molar-refractivity contribution in [3.63, 3.8) is 0 Å². The van der Waals surface area contributed by atoms with E-state index in [0.717, 1.165) is 17.0 Å². The van der Waals surface area contributed by atoms with Crippen molar-refractivity contribution >= 4 is 47.8 Å². The minimum absolute atomic E-state index is 0.0972. The molecule has 1 aromatic heterocycles. The molecule has 1 aliphatic heterocycles. The number of amides is 2. The van der Waals surface area contributed by atoms with Crippen molar-refractivity contribution in [2.75, 3.05) is 23.5 Å². The van der Waals surface area contributed by atoms with E-state index in [1.807, 2.05) is 43.3 Å². The largest absolute Gasteiger partial charge is 0.497 e. The number of urea groups is 1. The van der Waals surface area contributed by atoms with Gasteiger partial charge >= 0.3 is 6.03 Å². The van der Waals surface area contributed by atoms with Gasteiger partial charge in [0.05, 0.1) is 26.3 Å². The molecule has 4 aromatic rings. The Kier molecular flexibility index (Phi) is 8.17. The average Bonchev–Trinajstić information content (AvgIpc) is 2.97. The van der Waals surface area contributed by atoms with Crippen LogP contribution in [0.5, 0.6) is 5.75 Å². The van der Waals surface area contributed by atoms with Gasteiger partial charge in [-0.1, -0.05) is 81.4 Å². The summed E-state index contributed by atoms with van der Waals surface area (Å²) in [5, 5.41) is 2.26. The van der Waals surface area contributed by atoms with Crippen molar-refractivity contribution in [2.24, 2.45) is 0 Å². The maximum Gasteiger partial charge on any atom is 0.330 e. The molecule has 0 bridgehead atoms. The van der Waals surface area contributed by atoms with Crippen molar-refractivity contribution in [1.82, 2.24) is 9.97 Å². The zero-order valence-electron chi connectivity index (χ0n) is 24.0. The van der Waals surface area contributed by atoms with Crippen LogP contribution in [0.15, 0.2) is 91.1 Å². The van der Waals surface area contributed by atoms with E-state index in [9.17, 15) is 4.79 Å². The van der Waals surface area contributed by atoms with Gasteiger partial charge in [0.2, 0.25) is 5.28 Å². The van der Waals surface area contributed by atoms with E-state index in [1.54, 1.807) is 23.1 Å². The molecule has 41 heavy (non-hydrogen) atoms. The van der Waals surface area contributed by atoms with Crippen LogP contribution in [-0.4, -0.2) is 44.1 Å². The van der Waals surface area contributed by atoms with Crippen LogP contribution < -0.4 is 24.9 Å². The molecule has 0 aliphatic carbocycles. The van der Waals surface area contributed by atoms with E-state index < -0.39 is 8.32 Å². The first kappa shape index (κ1) is 28.8. The first-order valence-electron chi connectivity index (χ1n) is 13.7. The first-order chi connectivity index (χ1) is 19.6. The molecule has 0 saturated heterocycles. The Hall–Kier alpha value is -3.72. The van der Waals surface area contributed by atoms with Gasteiger partial charge in [-0.3, -0.25) is 9.80 Å². The number of hydrogen-bond acceptors (Lipinski definition) is 5. The fraction of sp³-hybridized carbons (Fsp3) is 0.281. The number of fused-ring (bicyclic) bond motifs is 1. The molecular formula is C32H35ClN4O3Si. The summed E-state index contributed by atoms with van der Waals surface area (Å²) in [5.41, 5.74) is 1.56. The lowest BCUT2D eigenvalue weighted by Crippen LogP contribution is -2.68. The van der Waals surface area contributed by atoms with Gasteiger partial charge in [0, 0.05) is 17.4 Å². The number of carbonyl (C=O) groups excluding carboxylic acids is 1. The second-order valence-electron chi connectivity index (χ2n) is 11.3. The van der Waals surface area contributed by atoms with Gasteiger partial charge in [-0.05, 0) is 58.2 Å². The molecule has 0 unspecified atom stereocenters. The zero-order valence-corrected chi connectivity index (χ0v) is 25.8. The second-order valence-corrected chi connectivity index (χ2v) is 15.8. The standard InChI is InChI=1S/C32H35ClN4O3Si/c1-23(40-41(32(2,3)4,27-12-8-6-9-13-27)28-14-10-7-11-15-28)21-37-29-24(20-34-30(33)35-29)22-36(31(37)38)25-16-18-26(39-5)19-17-25/h6-20,23H,21-22H2,1-5H3/t23-/m1/s1. The van der Waals surface area contributed by atoms with Crippen LogP contribution in [0.4, 0.5) is 16.3 Å². The van der Waals surface area contributed by atoms with Crippen LogP contribution in [0, 0.1) is 0 Å². The summed E-state index contributed by atoms with van der Waals surface area (Å²) in [7, 11) is -1.22. The van der Waals surface area contributed by atoms with Crippen LogP contribution in [0.2, 0.25) is 10.3 Å². The highest BCUT2D eigenvalue weighted by Gasteiger charge is 2.51. The third-order valence-corrected chi connectivity index (χ3v) is 12.8. The molecule has 0 saturated carbocycles. The fourth-order valence-electron chi connectivity index (χ4n) is 5.61. The number of ether oxygens (including phenoxy) is 1. The van der Waals surface area contributed by atoms with E-state index in [-0.39, 0.29) is 29.0 Å². The van der Waals surface area contributed by atoms with Crippen molar-refractivity contribution in [1.29, 1.82) is 0 Å². The Labute approximate surface area is 247 Å². The number of benzene rings is 3. The Bertz CT molecular complexity index is 1460. The molecule has 7 nitrogen and oxygen atoms in total. The Morgan fingerprint density at radius 3 is 2.07 bits per heavy atom. The Morgan fingerprint density at radius 1 is 0.951 bits per heavy atom. The van der Waals surface area contributed by atoms with Crippen LogP contribution >= 0.6 is 11.6 Å². The highest BCUT2D eigenvalue weighted by molar-refractivity contribution is 6.99. The smallest absolute Gasteiger partial charge is 0.330 e. The van der Waals surface area contributed by atoms with Crippen LogP contribution in [0.25, 0.3) is 0 Å². The fourth-order valence-corrected chi connectivity index (χ4v) is 10.4. The molecule has 2 amide bonds. The monoisotopic (exact) mass is 586 g/mol. The number of anilines is 2. The van der Waals surface area contributed by atoms with E-state index in [2.05, 4.69) is 79.3 Å². The third kappa shape index (κ3) is 5.60. The van der Waals surface area contributed by atoms with E-state index in [1.165, 1.54) is 10.4 Å². The molecule has 1 aliphatic rings. The maximum absolute atomic E-state index is 14.1. The molecule has 0 radical (unpaired) electrons. The van der Waals surface area contributed by atoms with Crippen LogP contribution in [0.1, 0.15) is 33.3 Å². The molecule has 0 spiro atoms. The number of halogens is 1. The average molecular weight is 587 g/mol. The highest BCUT2D eigenvalue weighted by atomic mass is 35.5. The lowest BCUT2D eigenvalue weighted by atomic mass is 10.1. The summed E-state index contributed by atoms with van der Waals surface area (Å²) in [4.78, 5) is 26.1. The summed E-state index contributed by atoms with van der Waals surface area (Å²) < 4.78 is 12.6. The minimum atomic E-state index is -2.84. The first-order valence-corrected chi connectivity index (χ1v) is 16.0. The summed E-state index contributed by atoms with van der Waals surface area (Å²) in [5.74, 6) is 1.23. The Balaban J connectivity index is 1.53. The van der Waals surface area contributed by atoms with Crippen molar-refractivity contribution in [3.8, 4) is 5.75 Å². The quantitative estimate of drug-likeness (QED) is 0.186. The van der Waals surface area contributed by atoms with Gasteiger partial charge in [-0.15, -0.1) is 0 Å². The summed E-state index contributed by atoms with van der Waals surface area (Å²) in [6.07, 6.45) is 1.36. The lowest BCUT2D eigenvalue weighted by Gasteiger charge is -2.45. The molecule has 9 heteroatoms. The normalized spacial score (nSPS) is 14.5. The predicted octanol–water partition coefficient (Wildman–Crippen LogP) is 6.05. The number of nitrogens with zero attached hydrogens (tertiary/aromatic N) is 4. The molecule has 2 heterocycles. The third-order valence-electron chi connectivity index (χ3n) is 7.48. The van der Waals surface area contributed by atoms with Crippen molar-refractivity contribution < 1.29 is 14.0 Å². The summed E-state index contributed by atoms with van der Waals surface area (Å²) >= 11 is 6.23. The maximum atomic E-state index is 14.1. The molecule has 0 N–H and O–H groups in total. The van der Waals surface area contributed by atoms with Crippen molar-refractivity contribution in [3.05, 3.63) is 102 Å².